The Balaban J connectivity index is 2.17. The Morgan fingerprint density at radius 3 is 2.68 bits per heavy atom. The number of rotatable bonds is 9. The number of unbranched alkanes of at least 4 members (excludes halogenated alkanes) is 1. The number of esters is 1. The quantitative estimate of drug-likeness (QED) is 0.211. The van der Waals surface area contributed by atoms with Crippen molar-refractivity contribution < 1.29 is 28.6 Å². The number of benzene rings is 1. The zero-order chi connectivity index (χ0) is 20.7. The molecular weight excluding hydrogens is 497 g/mol. The van der Waals surface area contributed by atoms with Crippen molar-refractivity contribution in [3.05, 3.63) is 26.2 Å². The zero-order valence-corrected chi connectivity index (χ0v) is 18.9. The van der Waals surface area contributed by atoms with E-state index in [0.717, 1.165) is 33.1 Å². The molecule has 1 fully saturated rings. The Hall–Kier alpha value is -1.75. The van der Waals surface area contributed by atoms with Gasteiger partial charge >= 0.3 is 5.97 Å². The van der Waals surface area contributed by atoms with Crippen LogP contribution in [0.4, 0.5) is 4.79 Å². The molecule has 28 heavy (non-hydrogen) atoms. The predicted molar refractivity (Wildman–Crippen MR) is 115 cm³/mol. The van der Waals surface area contributed by atoms with Gasteiger partial charge in [-0.3, -0.25) is 19.3 Å². The average Bonchev–Trinajstić information content (AvgIpc) is 2.91. The van der Waals surface area contributed by atoms with Crippen LogP contribution in [-0.2, 0) is 14.3 Å². The van der Waals surface area contributed by atoms with Gasteiger partial charge in [0.05, 0.1) is 28.8 Å². The van der Waals surface area contributed by atoms with Crippen LogP contribution < -0.4 is 9.47 Å². The van der Waals surface area contributed by atoms with Crippen LogP contribution >= 0.6 is 34.4 Å². The van der Waals surface area contributed by atoms with Crippen molar-refractivity contribution in [1.29, 1.82) is 0 Å². The van der Waals surface area contributed by atoms with Crippen molar-refractivity contribution in [2.24, 2.45) is 0 Å². The number of ether oxygens (including phenoxy) is 3. The Morgan fingerprint density at radius 1 is 1.29 bits per heavy atom. The van der Waals surface area contributed by atoms with E-state index in [-0.39, 0.29) is 18.1 Å². The van der Waals surface area contributed by atoms with Gasteiger partial charge in [-0.25, -0.2) is 0 Å². The monoisotopic (exact) mass is 519 g/mol. The molecule has 7 nitrogen and oxygen atoms in total. The van der Waals surface area contributed by atoms with Crippen LogP contribution in [0.1, 0.15) is 32.3 Å². The van der Waals surface area contributed by atoms with E-state index in [2.05, 4.69) is 22.6 Å². The van der Waals surface area contributed by atoms with Gasteiger partial charge in [0.2, 0.25) is 0 Å². The molecule has 1 saturated heterocycles. The van der Waals surface area contributed by atoms with E-state index in [4.69, 9.17) is 14.2 Å². The molecule has 0 bridgehead atoms. The van der Waals surface area contributed by atoms with Crippen molar-refractivity contribution in [1.82, 2.24) is 4.90 Å². The fourth-order valence-corrected chi connectivity index (χ4v) is 4.02. The SMILES string of the molecule is CCCCOC(=O)CN1C(=O)S/C(=C/c2cc(I)c(OCC)c(OC)c2)C1=O. The molecule has 0 unspecified atom stereocenters. The molecule has 0 aromatic heterocycles. The lowest BCUT2D eigenvalue weighted by atomic mass is 10.2. The minimum absolute atomic E-state index is 0.244. The van der Waals surface area contributed by atoms with Crippen molar-refractivity contribution in [2.45, 2.75) is 26.7 Å². The molecule has 0 radical (unpaired) electrons. The minimum atomic E-state index is -0.589. The van der Waals surface area contributed by atoms with Gasteiger partial charge in [-0.1, -0.05) is 13.3 Å². The zero-order valence-electron chi connectivity index (χ0n) is 16.0. The third-order valence-corrected chi connectivity index (χ3v) is 5.47. The van der Waals surface area contributed by atoms with E-state index in [9.17, 15) is 14.4 Å². The number of hydrogen-bond donors (Lipinski definition) is 0. The van der Waals surface area contributed by atoms with Gasteiger partial charge in [-0.05, 0) is 71.5 Å². The number of halogens is 1. The van der Waals surface area contributed by atoms with E-state index in [1.165, 1.54) is 7.11 Å². The van der Waals surface area contributed by atoms with E-state index >= 15 is 0 Å². The summed E-state index contributed by atoms with van der Waals surface area (Å²) in [6, 6.07) is 3.57. The van der Waals surface area contributed by atoms with Crippen LogP contribution in [-0.4, -0.2) is 48.9 Å². The molecule has 9 heteroatoms. The van der Waals surface area contributed by atoms with Crippen LogP contribution in [0.3, 0.4) is 0 Å². The summed E-state index contributed by atoms with van der Waals surface area (Å²) in [6.45, 7) is 4.26. The Bertz CT molecular complexity index is 795. The maximum atomic E-state index is 12.5. The van der Waals surface area contributed by atoms with Crippen LogP contribution in [0, 0.1) is 3.57 Å². The molecular formula is C19H22INO6S. The lowest BCUT2D eigenvalue weighted by Gasteiger charge is -2.12. The second-order valence-electron chi connectivity index (χ2n) is 5.81. The summed E-state index contributed by atoms with van der Waals surface area (Å²) in [6.07, 6.45) is 3.24. The standard InChI is InChI=1S/C19H22INO6S/c1-4-6-7-27-16(22)11-21-18(23)15(28-19(21)24)10-12-8-13(20)17(26-5-2)14(9-12)25-3/h8-10H,4-7,11H2,1-3H3/b15-10+. The fourth-order valence-electron chi connectivity index (χ4n) is 2.40. The topological polar surface area (TPSA) is 82.1 Å². The van der Waals surface area contributed by atoms with Gasteiger partial charge in [-0.2, -0.15) is 0 Å². The summed E-state index contributed by atoms with van der Waals surface area (Å²) < 4.78 is 16.8. The molecule has 1 heterocycles. The third-order valence-electron chi connectivity index (χ3n) is 3.76. The highest BCUT2D eigenvalue weighted by Gasteiger charge is 2.36. The van der Waals surface area contributed by atoms with E-state index in [0.29, 0.717) is 23.7 Å². The summed E-state index contributed by atoms with van der Waals surface area (Å²) in [4.78, 5) is 37.7. The molecule has 152 valence electrons. The molecule has 2 amide bonds. The smallest absolute Gasteiger partial charge is 0.326 e. The van der Waals surface area contributed by atoms with Gasteiger partial charge in [0.15, 0.2) is 11.5 Å². The molecule has 0 atom stereocenters. The van der Waals surface area contributed by atoms with Crippen LogP contribution in [0.15, 0.2) is 17.0 Å². The number of methoxy groups -OCH3 is 1. The average molecular weight is 519 g/mol. The largest absolute Gasteiger partial charge is 0.493 e. The minimum Gasteiger partial charge on any atom is -0.493 e. The number of thioether (sulfide) groups is 1. The molecule has 1 aliphatic rings. The van der Waals surface area contributed by atoms with Crippen molar-refractivity contribution in [3.63, 3.8) is 0 Å². The summed E-state index contributed by atoms with van der Waals surface area (Å²) in [5.41, 5.74) is 0.695. The number of carbonyl (C=O) groups is 3. The van der Waals surface area contributed by atoms with Crippen molar-refractivity contribution >= 4 is 57.5 Å². The van der Waals surface area contributed by atoms with Crippen molar-refractivity contribution in [3.8, 4) is 11.5 Å². The Kier molecular flexibility index (Phi) is 8.61. The van der Waals surface area contributed by atoms with Crippen molar-refractivity contribution in [2.75, 3.05) is 26.9 Å². The highest BCUT2D eigenvalue weighted by Crippen LogP contribution is 2.37. The predicted octanol–water partition coefficient (Wildman–Crippen LogP) is 4.08. The first kappa shape index (κ1) is 22.5. The molecule has 1 aliphatic heterocycles. The van der Waals surface area contributed by atoms with Gasteiger partial charge in [-0.15, -0.1) is 0 Å². The maximum Gasteiger partial charge on any atom is 0.326 e. The molecule has 0 saturated carbocycles. The van der Waals surface area contributed by atoms with Gasteiger partial charge in [0.1, 0.15) is 6.54 Å². The molecule has 0 spiro atoms. The molecule has 0 aliphatic carbocycles. The molecule has 2 rings (SSSR count). The number of imide groups is 1. The van der Waals surface area contributed by atoms with E-state index in [1.54, 1.807) is 12.1 Å². The first-order chi connectivity index (χ1) is 13.4. The summed E-state index contributed by atoms with van der Waals surface area (Å²) in [7, 11) is 1.54. The lowest BCUT2D eigenvalue weighted by molar-refractivity contribution is -0.146. The molecule has 0 N–H and O–H groups in total. The normalized spacial score (nSPS) is 15.3. The Labute approximate surface area is 181 Å². The third kappa shape index (κ3) is 5.63. The number of amides is 2. The van der Waals surface area contributed by atoms with E-state index < -0.39 is 17.1 Å². The summed E-state index contributed by atoms with van der Waals surface area (Å²) in [5.74, 6) is 0.0731. The van der Waals surface area contributed by atoms with Crippen LogP contribution in [0.25, 0.3) is 6.08 Å². The summed E-state index contributed by atoms with van der Waals surface area (Å²) >= 11 is 2.92. The van der Waals surface area contributed by atoms with Crippen LogP contribution in [0.5, 0.6) is 11.5 Å². The van der Waals surface area contributed by atoms with Crippen LogP contribution in [0.2, 0.25) is 0 Å². The number of hydrogen-bond acceptors (Lipinski definition) is 7. The lowest BCUT2D eigenvalue weighted by Crippen LogP contribution is -2.34. The maximum absolute atomic E-state index is 12.5. The Morgan fingerprint density at radius 2 is 2.04 bits per heavy atom. The molecule has 1 aromatic rings. The second kappa shape index (κ2) is 10.7. The number of carbonyl (C=O) groups excluding carboxylic acids is 3. The first-order valence-electron chi connectivity index (χ1n) is 8.82. The summed E-state index contributed by atoms with van der Waals surface area (Å²) in [5, 5.41) is -0.490. The highest BCUT2D eigenvalue weighted by molar-refractivity contribution is 14.1. The van der Waals surface area contributed by atoms with Gasteiger partial charge in [0, 0.05) is 0 Å². The first-order valence-corrected chi connectivity index (χ1v) is 10.7. The van der Waals surface area contributed by atoms with Gasteiger partial charge < -0.3 is 14.2 Å². The van der Waals surface area contributed by atoms with Gasteiger partial charge in [0.25, 0.3) is 11.1 Å². The number of nitrogens with zero attached hydrogens (tertiary/aromatic N) is 1. The highest BCUT2D eigenvalue weighted by atomic mass is 127. The van der Waals surface area contributed by atoms with E-state index in [1.807, 2.05) is 19.9 Å². The molecule has 1 aromatic carbocycles. The fraction of sp³-hybridized carbons (Fsp3) is 0.421. The second-order valence-corrected chi connectivity index (χ2v) is 7.96.